The average Bonchev–Trinajstić information content (AvgIpc) is 1.59. The zero-order valence-corrected chi connectivity index (χ0v) is 5.78. The van der Waals surface area contributed by atoms with E-state index >= 15 is 0 Å². The molecule has 58 valence electrons. The summed E-state index contributed by atoms with van der Waals surface area (Å²) in [5, 5.41) is 0. The summed E-state index contributed by atoms with van der Waals surface area (Å²) in [6, 6.07) is 0. The number of alkyl halides is 3. The van der Waals surface area contributed by atoms with E-state index in [1.807, 2.05) is 0 Å². The minimum atomic E-state index is -4.43. The highest BCUT2D eigenvalue weighted by molar-refractivity contribution is 7.39. The molecule has 0 fully saturated rings. The molecule has 0 aromatic rings. The first-order chi connectivity index (χ1) is 4.45. The molecule has 0 aliphatic rings. The van der Waals surface area contributed by atoms with E-state index in [4.69, 9.17) is 0 Å². The van der Waals surface area contributed by atoms with Gasteiger partial charge in [0.15, 0.2) is 0 Å². The zero-order chi connectivity index (χ0) is 8.20. The predicted octanol–water partition coefficient (Wildman–Crippen LogP) is 2.45. The van der Waals surface area contributed by atoms with Crippen molar-refractivity contribution in [2.45, 2.75) is 6.18 Å². The van der Waals surface area contributed by atoms with Crippen LogP contribution in [0.3, 0.4) is 0 Å². The first kappa shape index (κ1) is 9.43. The van der Waals surface area contributed by atoms with Crippen molar-refractivity contribution < 1.29 is 22.3 Å². The van der Waals surface area contributed by atoms with Crippen LogP contribution in [-0.2, 0) is 9.09 Å². The molecule has 0 radical (unpaired) electrons. The standard InChI is InChI=1S/C4H5F3O2P/c1-2-9-10(8)3-4(5,6)7/h2H,1,3H2/q+1. The molecular formula is C4H5F3O2P+. The Morgan fingerprint density at radius 2 is 2.10 bits per heavy atom. The summed E-state index contributed by atoms with van der Waals surface area (Å²) in [5.74, 6) is 0. The molecule has 1 unspecified atom stereocenters. The van der Waals surface area contributed by atoms with Gasteiger partial charge in [-0.2, -0.15) is 13.2 Å². The van der Waals surface area contributed by atoms with Gasteiger partial charge in [0.2, 0.25) is 0 Å². The Morgan fingerprint density at radius 3 is 2.40 bits per heavy atom. The van der Waals surface area contributed by atoms with Crippen LogP contribution in [0.25, 0.3) is 0 Å². The van der Waals surface area contributed by atoms with Crippen molar-refractivity contribution in [1.82, 2.24) is 0 Å². The third-order valence-corrected chi connectivity index (χ3v) is 1.50. The molecule has 0 N–H and O–H groups in total. The lowest BCUT2D eigenvalue weighted by Gasteiger charge is -1.93. The third kappa shape index (κ3) is 5.56. The Bertz CT molecular complexity index is 142. The molecule has 0 amide bonds. The van der Waals surface area contributed by atoms with Crippen LogP contribution in [0.1, 0.15) is 0 Å². The molecule has 1 atom stereocenters. The topological polar surface area (TPSA) is 26.3 Å². The lowest BCUT2D eigenvalue weighted by Crippen LogP contribution is -2.10. The van der Waals surface area contributed by atoms with Crippen molar-refractivity contribution in [2.75, 3.05) is 6.16 Å². The molecule has 0 saturated carbocycles. The van der Waals surface area contributed by atoms with Gasteiger partial charge in [0.1, 0.15) is 6.26 Å². The van der Waals surface area contributed by atoms with Gasteiger partial charge in [-0.05, 0) is 4.57 Å². The summed E-state index contributed by atoms with van der Waals surface area (Å²) >= 11 is 0. The van der Waals surface area contributed by atoms with E-state index in [1.165, 1.54) is 0 Å². The summed E-state index contributed by atoms with van der Waals surface area (Å²) in [6.45, 7) is 2.96. The first-order valence-electron chi connectivity index (χ1n) is 2.25. The van der Waals surface area contributed by atoms with E-state index < -0.39 is 20.4 Å². The quantitative estimate of drug-likeness (QED) is 0.484. The summed E-state index contributed by atoms with van der Waals surface area (Å²) < 4.78 is 48.2. The highest BCUT2D eigenvalue weighted by atomic mass is 31.1. The van der Waals surface area contributed by atoms with Gasteiger partial charge in [-0.25, -0.2) is 0 Å². The highest BCUT2D eigenvalue weighted by Gasteiger charge is 2.40. The SMILES string of the molecule is C=CO[P+](=O)CC(F)(F)F. The Balaban J connectivity index is 3.68. The number of hydrogen-bond acceptors (Lipinski definition) is 2. The Hall–Kier alpha value is -0.570. The van der Waals surface area contributed by atoms with E-state index in [2.05, 4.69) is 11.1 Å². The van der Waals surface area contributed by atoms with Gasteiger partial charge in [0.25, 0.3) is 6.16 Å². The fraction of sp³-hybridized carbons (Fsp3) is 0.500. The van der Waals surface area contributed by atoms with Gasteiger partial charge in [0.05, 0.1) is 0 Å². The molecule has 0 aliphatic heterocycles. The molecule has 0 heterocycles. The normalized spacial score (nSPS) is 12.5. The van der Waals surface area contributed by atoms with Crippen LogP contribution in [0.15, 0.2) is 12.8 Å². The van der Waals surface area contributed by atoms with Crippen LogP contribution < -0.4 is 0 Å². The fourth-order valence-corrected chi connectivity index (χ4v) is 0.800. The molecule has 0 bridgehead atoms. The van der Waals surface area contributed by atoms with Gasteiger partial charge < -0.3 is 0 Å². The fourth-order valence-electron chi connectivity index (χ4n) is 0.267. The molecule has 6 heteroatoms. The maximum atomic E-state index is 11.3. The lowest BCUT2D eigenvalue weighted by molar-refractivity contribution is -0.107. The van der Waals surface area contributed by atoms with Crippen molar-refractivity contribution in [3.05, 3.63) is 12.8 Å². The molecule has 0 aromatic carbocycles. The average molecular weight is 173 g/mol. The van der Waals surface area contributed by atoms with Crippen LogP contribution in [0.5, 0.6) is 0 Å². The van der Waals surface area contributed by atoms with Gasteiger partial charge in [-0.3, -0.25) is 4.52 Å². The third-order valence-electron chi connectivity index (χ3n) is 0.500. The van der Waals surface area contributed by atoms with Gasteiger partial charge in [0, 0.05) is 0 Å². The van der Waals surface area contributed by atoms with Crippen LogP contribution in [-0.4, -0.2) is 12.3 Å². The predicted molar refractivity (Wildman–Crippen MR) is 29.8 cm³/mol. The van der Waals surface area contributed by atoms with Crippen molar-refractivity contribution in [1.29, 1.82) is 0 Å². The molecule has 0 spiro atoms. The first-order valence-corrected chi connectivity index (χ1v) is 3.61. The number of hydrogen-bond donors (Lipinski definition) is 0. The van der Waals surface area contributed by atoms with Crippen molar-refractivity contribution in [3.63, 3.8) is 0 Å². The van der Waals surface area contributed by atoms with Gasteiger partial charge >= 0.3 is 14.2 Å². The van der Waals surface area contributed by atoms with Crippen LogP contribution >= 0.6 is 8.03 Å². The van der Waals surface area contributed by atoms with Crippen LogP contribution in [0.2, 0.25) is 0 Å². The number of halogens is 3. The second kappa shape index (κ2) is 3.56. The van der Waals surface area contributed by atoms with Crippen LogP contribution in [0, 0.1) is 0 Å². The smallest absolute Gasteiger partial charge is 0.263 e. The molecule has 10 heavy (non-hydrogen) atoms. The van der Waals surface area contributed by atoms with Crippen LogP contribution in [0.4, 0.5) is 13.2 Å². The summed E-state index contributed by atoms with van der Waals surface area (Å²) in [7, 11) is -2.66. The van der Waals surface area contributed by atoms with Gasteiger partial charge in [-0.1, -0.05) is 6.58 Å². The summed E-state index contributed by atoms with van der Waals surface area (Å²) in [5.41, 5.74) is 0. The van der Waals surface area contributed by atoms with Crippen molar-refractivity contribution >= 4 is 8.03 Å². The maximum absolute atomic E-state index is 11.3. The molecule has 2 nitrogen and oxygen atoms in total. The van der Waals surface area contributed by atoms with E-state index in [9.17, 15) is 17.7 Å². The Labute approximate surface area is 56.5 Å². The Kier molecular flexibility index (Phi) is 3.36. The van der Waals surface area contributed by atoms with E-state index in [0.29, 0.717) is 0 Å². The summed E-state index contributed by atoms with van der Waals surface area (Å²) in [6.07, 6.45) is -5.13. The van der Waals surface area contributed by atoms with Crippen molar-refractivity contribution in [3.8, 4) is 0 Å². The van der Waals surface area contributed by atoms with E-state index in [-0.39, 0.29) is 0 Å². The molecule has 0 rings (SSSR count). The van der Waals surface area contributed by atoms with Gasteiger partial charge in [-0.15, -0.1) is 0 Å². The zero-order valence-electron chi connectivity index (χ0n) is 4.89. The second-order valence-corrected chi connectivity index (χ2v) is 2.57. The Morgan fingerprint density at radius 1 is 1.60 bits per heavy atom. The maximum Gasteiger partial charge on any atom is 0.565 e. The molecule has 0 saturated heterocycles. The second-order valence-electron chi connectivity index (χ2n) is 1.38. The molecule has 0 aliphatic carbocycles. The largest absolute Gasteiger partial charge is 0.565 e. The highest BCUT2D eigenvalue weighted by Crippen LogP contribution is 2.31. The summed E-state index contributed by atoms with van der Waals surface area (Å²) in [4.78, 5) is 0. The lowest BCUT2D eigenvalue weighted by atomic mass is 10.8. The number of rotatable bonds is 3. The van der Waals surface area contributed by atoms with Crippen molar-refractivity contribution in [2.24, 2.45) is 0 Å². The molecule has 0 aromatic heterocycles. The van der Waals surface area contributed by atoms with E-state index in [1.54, 1.807) is 0 Å². The minimum absolute atomic E-state index is 0.727. The minimum Gasteiger partial charge on any atom is -0.263 e. The molecular weight excluding hydrogens is 168 g/mol. The monoisotopic (exact) mass is 173 g/mol. The van der Waals surface area contributed by atoms with E-state index in [0.717, 1.165) is 6.26 Å².